The number of rotatable bonds is 4. The molecule has 1 atom stereocenters. The van der Waals surface area contributed by atoms with E-state index < -0.39 is 6.10 Å². The summed E-state index contributed by atoms with van der Waals surface area (Å²) in [6.45, 7) is 6.78. The molecule has 0 spiro atoms. The number of nitrogens with zero attached hydrogens (tertiary/aromatic N) is 3. The summed E-state index contributed by atoms with van der Waals surface area (Å²) in [7, 11) is 0. The Morgan fingerprint density at radius 3 is 2.30 bits per heavy atom. The van der Waals surface area contributed by atoms with Crippen molar-refractivity contribution < 1.29 is 9.90 Å². The average Bonchev–Trinajstić information content (AvgIpc) is 2.46. The quantitative estimate of drug-likeness (QED) is 0.840. The number of pyridine rings is 1. The number of Topliss-reactive ketones (excluding diaryl/α,β-unsaturated/α-hetero) is 1. The van der Waals surface area contributed by atoms with Gasteiger partial charge in [0.1, 0.15) is 0 Å². The average molecular weight is 312 g/mol. The third-order valence-electron chi connectivity index (χ3n) is 3.54. The molecule has 0 amide bonds. The van der Waals surface area contributed by atoms with Gasteiger partial charge in [-0.05, 0) is 39.8 Å². The highest BCUT2D eigenvalue weighted by Gasteiger charge is 2.12. The third-order valence-corrected chi connectivity index (χ3v) is 3.54. The highest BCUT2D eigenvalue weighted by molar-refractivity contribution is 6.24. The number of carbonyl (C=O) groups excluding carboxylic acids is 1. The van der Waals surface area contributed by atoms with Crippen LogP contribution in [-0.2, 0) is 4.79 Å². The number of hydrogen-bond donors (Lipinski definition) is 2. The number of nitrogens with two attached hydrogens (primary N) is 1. The van der Waals surface area contributed by atoms with E-state index in [4.69, 9.17) is 5.73 Å². The van der Waals surface area contributed by atoms with Gasteiger partial charge in [0.25, 0.3) is 0 Å². The molecule has 2 rings (SSSR count). The maximum atomic E-state index is 12.0. The fourth-order valence-corrected chi connectivity index (χ4v) is 2.30. The standard InChI is InChI=1S/C17H20N4O2/c1-9-14(10(2)21-17(18)20-9)7-15(11(3)22)13-5-6-16(12(4)23)19-8-13/h5-8,12,23H,1-4H3,(H2,18,20,21)/b15-7+. The second-order valence-corrected chi connectivity index (χ2v) is 5.43. The molecule has 0 aliphatic carbocycles. The SMILES string of the molecule is CC(=O)/C(=C\c1c(C)nc(N)nc1C)c1ccc(C(C)O)nc1. The number of ketones is 1. The van der Waals surface area contributed by atoms with E-state index in [-0.39, 0.29) is 11.7 Å². The van der Waals surface area contributed by atoms with Crippen LogP contribution in [0.5, 0.6) is 0 Å². The van der Waals surface area contributed by atoms with Gasteiger partial charge in [0.15, 0.2) is 5.78 Å². The molecule has 2 aromatic heterocycles. The first-order chi connectivity index (χ1) is 10.8. The van der Waals surface area contributed by atoms with Gasteiger partial charge in [-0.1, -0.05) is 6.07 Å². The molecule has 0 aromatic carbocycles. The fourth-order valence-electron chi connectivity index (χ4n) is 2.30. The Labute approximate surface area is 135 Å². The number of carbonyl (C=O) groups is 1. The van der Waals surface area contributed by atoms with Gasteiger partial charge in [-0.15, -0.1) is 0 Å². The van der Waals surface area contributed by atoms with Crippen molar-refractivity contribution >= 4 is 23.4 Å². The van der Waals surface area contributed by atoms with E-state index in [1.54, 1.807) is 31.3 Å². The van der Waals surface area contributed by atoms with Crippen molar-refractivity contribution in [2.75, 3.05) is 5.73 Å². The largest absolute Gasteiger partial charge is 0.387 e. The fraction of sp³-hybridized carbons (Fsp3) is 0.294. The minimum atomic E-state index is -0.649. The minimum Gasteiger partial charge on any atom is -0.387 e. The number of aliphatic hydroxyl groups excluding tert-OH is 1. The summed E-state index contributed by atoms with van der Waals surface area (Å²) in [5.41, 5.74) is 9.56. The number of anilines is 1. The molecule has 1 unspecified atom stereocenters. The number of aliphatic hydroxyl groups is 1. The Bertz CT molecular complexity index is 742. The zero-order chi connectivity index (χ0) is 17.1. The molecule has 3 N–H and O–H groups in total. The maximum absolute atomic E-state index is 12.0. The van der Waals surface area contributed by atoms with Crippen molar-refractivity contribution in [2.45, 2.75) is 33.8 Å². The number of aryl methyl sites for hydroxylation is 2. The molecular formula is C17H20N4O2. The van der Waals surface area contributed by atoms with Crippen LogP contribution in [-0.4, -0.2) is 25.8 Å². The monoisotopic (exact) mass is 312 g/mol. The van der Waals surface area contributed by atoms with Crippen molar-refractivity contribution in [3.05, 3.63) is 46.5 Å². The Morgan fingerprint density at radius 1 is 1.26 bits per heavy atom. The maximum Gasteiger partial charge on any atom is 0.220 e. The van der Waals surface area contributed by atoms with Crippen molar-refractivity contribution in [3.63, 3.8) is 0 Å². The van der Waals surface area contributed by atoms with E-state index in [1.807, 2.05) is 13.8 Å². The molecule has 120 valence electrons. The van der Waals surface area contributed by atoms with E-state index in [9.17, 15) is 9.90 Å². The highest BCUT2D eigenvalue weighted by Crippen LogP contribution is 2.23. The Hall–Kier alpha value is -2.60. The van der Waals surface area contributed by atoms with Crippen LogP contribution >= 0.6 is 0 Å². The van der Waals surface area contributed by atoms with Crippen molar-refractivity contribution in [3.8, 4) is 0 Å². The van der Waals surface area contributed by atoms with Crippen LogP contribution in [0.25, 0.3) is 11.6 Å². The Balaban J connectivity index is 2.53. The predicted molar refractivity (Wildman–Crippen MR) is 89.3 cm³/mol. The molecule has 6 nitrogen and oxygen atoms in total. The van der Waals surface area contributed by atoms with Gasteiger partial charge in [0.2, 0.25) is 5.95 Å². The number of hydrogen-bond acceptors (Lipinski definition) is 6. The first-order valence-electron chi connectivity index (χ1n) is 7.27. The van der Waals surface area contributed by atoms with Crippen LogP contribution in [0.1, 0.15) is 48.2 Å². The molecule has 0 saturated heterocycles. The summed E-state index contributed by atoms with van der Waals surface area (Å²) in [4.78, 5) is 24.5. The predicted octanol–water partition coefficient (Wildman–Crippen LogP) is 2.25. The lowest BCUT2D eigenvalue weighted by Gasteiger charge is -2.10. The smallest absolute Gasteiger partial charge is 0.220 e. The van der Waals surface area contributed by atoms with E-state index in [0.29, 0.717) is 28.2 Å². The van der Waals surface area contributed by atoms with Gasteiger partial charge in [0.05, 0.1) is 23.2 Å². The molecule has 0 aliphatic rings. The van der Waals surface area contributed by atoms with Crippen LogP contribution in [0.2, 0.25) is 0 Å². The second kappa shape index (κ2) is 6.66. The van der Waals surface area contributed by atoms with E-state index >= 15 is 0 Å². The van der Waals surface area contributed by atoms with Crippen molar-refractivity contribution in [1.82, 2.24) is 15.0 Å². The molecule has 23 heavy (non-hydrogen) atoms. The molecule has 0 aliphatic heterocycles. The zero-order valence-corrected chi connectivity index (χ0v) is 13.7. The lowest BCUT2D eigenvalue weighted by atomic mass is 9.99. The van der Waals surface area contributed by atoms with Crippen LogP contribution in [0.15, 0.2) is 18.3 Å². The number of aromatic nitrogens is 3. The van der Waals surface area contributed by atoms with Gasteiger partial charge in [0, 0.05) is 22.9 Å². The van der Waals surface area contributed by atoms with Gasteiger partial charge in [-0.2, -0.15) is 0 Å². The van der Waals surface area contributed by atoms with Crippen LogP contribution < -0.4 is 5.73 Å². The third kappa shape index (κ3) is 3.78. The summed E-state index contributed by atoms with van der Waals surface area (Å²) in [6.07, 6.45) is 2.69. The van der Waals surface area contributed by atoms with Crippen LogP contribution in [0.4, 0.5) is 5.95 Å². The van der Waals surface area contributed by atoms with E-state index in [1.165, 1.54) is 6.92 Å². The molecule has 2 aromatic rings. The highest BCUT2D eigenvalue weighted by atomic mass is 16.3. The number of nitrogen functional groups attached to an aromatic ring is 1. The van der Waals surface area contributed by atoms with Gasteiger partial charge < -0.3 is 10.8 Å². The Morgan fingerprint density at radius 2 is 1.87 bits per heavy atom. The normalized spacial score (nSPS) is 13.0. The molecule has 0 saturated carbocycles. The van der Waals surface area contributed by atoms with Crippen molar-refractivity contribution in [2.24, 2.45) is 0 Å². The molecular weight excluding hydrogens is 292 g/mol. The van der Waals surface area contributed by atoms with Crippen LogP contribution in [0.3, 0.4) is 0 Å². The summed E-state index contributed by atoms with van der Waals surface area (Å²) in [6, 6.07) is 3.47. The summed E-state index contributed by atoms with van der Waals surface area (Å²) in [5, 5.41) is 9.52. The molecule has 0 fully saturated rings. The van der Waals surface area contributed by atoms with E-state index in [0.717, 1.165) is 5.56 Å². The summed E-state index contributed by atoms with van der Waals surface area (Å²) < 4.78 is 0. The molecule has 6 heteroatoms. The first-order valence-corrected chi connectivity index (χ1v) is 7.27. The topological polar surface area (TPSA) is 102 Å². The molecule has 0 radical (unpaired) electrons. The van der Waals surface area contributed by atoms with Gasteiger partial charge in [-0.25, -0.2) is 9.97 Å². The summed E-state index contributed by atoms with van der Waals surface area (Å²) >= 11 is 0. The second-order valence-electron chi connectivity index (χ2n) is 5.43. The summed E-state index contributed by atoms with van der Waals surface area (Å²) in [5.74, 6) is 0.122. The number of allylic oxidation sites excluding steroid dienone is 1. The van der Waals surface area contributed by atoms with Gasteiger partial charge >= 0.3 is 0 Å². The zero-order valence-electron chi connectivity index (χ0n) is 13.7. The lowest BCUT2D eigenvalue weighted by molar-refractivity contribution is -0.111. The molecule has 2 heterocycles. The van der Waals surface area contributed by atoms with Crippen molar-refractivity contribution in [1.29, 1.82) is 0 Å². The Kier molecular flexibility index (Phi) is 4.86. The van der Waals surface area contributed by atoms with Crippen LogP contribution in [0, 0.1) is 13.8 Å². The molecule has 0 bridgehead atoms. The van der Waals surface area contributed by atoms with E-state index in [2.05, 4.69) is 15.0 Å². The first kappa shape index (κ1) is 16.8. The minimum absolute atomic E-state index is 0.0905. The lowest BCUT2D eigenvalue weighted by Crippen LogP contribution is -2.04. The van der Waals surface area contributed by atoms with Gasteiger partial charge in [-0.3, -0.25) is 9.78 Å².